The van der Waals surface area contributed by atoms with Gasteiger partial charge in [0.05, 0.1) is 5.60 Å². The van der Waals surface area contributed by atoms with Crippen molar-refractivity contribution in [3.8, 4) is 5.75 Å². The Kier molecular flexibility index (Phi) is 6.92. The van der Waals surface area contributed by atoms with Gasteiger partial charge in [-0.3, -0.25) is 0 Å². The zero-order valence-electron chi connectivity index (χ0n) is 17.0. The van der Waals surface area contributed by atoms with Gasteiger partial charge in [-0.05, 0) is 50.2 Å². The first kappa shape index (κ1) is 19.9. The summed E-state index contributed by atoms with van der Waals surface area (Å²) in [5, 5.41) is 0. The van der Waals surface area contributed by atoms with E-state index in [9.17, 15) is 0 Å². The predicted octanol–water partition coefficient (Wildman–Crippen LogP) is 5.26. The first-order valence-corrected chi connectivity index (χ1v) is 10.1. The largest absolute Gasteiger partial charge is 0.489 e. The van der Waals surface area contributed by atoms with Crippen molar-refractivity contribution in [3.05, 3.63) is 65.7 Å². The Morgan fingerprint density at radius 1 is 0.926 bits per heavy atom. The van der Waals surface area contributed by atoms with Crippen LogP contribution in [-0.2, 0) is 11.3 Å². The third-order valence-corrected chi connectivity index (χ3v) is 5.82. The fraction of sp³-hybridized carbons (Fsp3) is 0.500. The monoisotopic (exact) mass is 367 g/mol. The molecule has 146 valence electrons. The van der Waals surface area contributed by atoms with Gasteiger partial charge in [0.2, 0.25) is 0 Å². The molecule has 1 unspecified atom stereocenters. The van der Waals surface area contributed by atoms with Crippen molar-refractivity contribution < 1.29 is 9.47 Å². The maximum atomic E-state index is 6.17. The van der Waals surface area contributed by atoms with Crippen LogP contribution in [-0.4, -0.2) is 38.3 Å². The zero-order valence-corrected chi connectivity index (χ0v) is 17.0. The number of hydrogen-bond acceptors (Lipinski definition) is 3. The molecule has 2 aromatic rings. The highest BCUT2D eigenvalue weighted by molar-refractivity contribution is 5.32. The van der Waals surface area contributed by atoms with Gasteiger partial charge in [0.25, 0.3) is 0 Å². The Hall–Kier alpha value is -1.84. The lowest BCUT2D eigenvalue weighted by atomic mass is 9.72. The van der Waals surface area contributed by atoms with Crippen molar-refractivity contribution in [1.82, 2.24) is 4.90 Å². The normalized spacial score (nSPS) is 17.6. The molecule has 0 radical (unpaired) electrons. The van der Waals surface area contributed by atoms with Crippen LogP contribution in [0.25, 0.3) is 0 Å². The minimum absolute atomic E-state index is 0.0467. The highest BCUT2D eigenvalue weighted by Crippen LogP contribution is 2.43. The van der Waals surface area contributed by atoms with Crippen LogP contribution in [0.4, 0.5) is 0 Å². The fourth-order valence-electron chi connectivity index (χ4n) is 4.32. The molecule has 0 aliphatic heterocycles. The van der Waals surface area contributed by atoms with Crippen LogP contribution in [0.15, 0.2) is 54.6 Å². The molecular formula is C24H33NO2. The van der Waals surface area contributed by atoms with E-state index in [4.69, 9.17) is 9.47 Å². The fourth-order valence-corrected chi connectivity index (χ4v) is 4.32. The summed E-state index contributed by atoms with van der Waals surface area (Å²) in [6, 6.07) is 19.0. The molecule has 1 aliphatic rings. The summed E-state index contributed by atoms with van der Waals surface area (Å²) >= 11 is 0. The minimum atomic E-state index is -0.0467. The summed E-state index contributed by atoms with van der Waals surface area (Å²) in [4.78, 5) is 2.28. The van der Waals surface area contributed by atoms with E-state index in [0.717, 1.165) is 25.1 Å². The molecule has 3 heteroatoms. The number of rotatable bonds is 8. The molecule has 27 heavy (non-hydrogen) atoms. The summed E-state index contributed by atoms with van der Waals surface area (Å²) in [5.74, 6) is 1.29. The smallest absolute Gasteiger partial charge is 0.119 e. The molecule has 0 bridgehead atoms. The molecule has 2 aromatic carbocycles. The van der Waals surface area contributed by atoms with Crippen molar-refractivity contribution in [2.75, 3.05) is 27.7 Å². The molecule has 1 aliphatic carbocycles. The van der Waals surface area contributed by atoms with Gasteiger partial charge in [0, 0.05) is 19.6 Å². The van der Waals surface area contributed by atoms with Crippen LogP contribution in [0.5, 0.6) is 5.75 Å². The van der Waals surface area contributed by atoms with Crippen LogP contribution in [0.1, 0.15) is 49.1 Å². The molecule has 1 saturated carbocycles. The number of likely N-dealkylation sites (N-methyl/N-ethyl adjacent to an activating group) is 1. The van der Waals surface area contributed by atoms with Crippen molar-refractivity contribution >= 4 is 0 Å². The van der Waals surface area contributed by atoms with Crippen LogP contribution >= 0.6 is 0 Å². The Labute approximate surface area is 164 Å². The molecule has 3 rings (SSSR count). The van der Waals surface area contributed by atoms with Crippen LogP contribution in [0.2, 0.25) is 0 Å². The topological polar surface area (TPSA) is 21.7 Å². The third kappa shape index (κ3) is 5.12. The summed E-state index contributed by atoms with van der Waals surface area (Å²) in [6.45, 7) is 1.60. The molecule has 3 nitrogen and oxygen atoms in total. The van der Waals surface area contributed by atoms with E-state index in [-0.39, 0.29) is 5.60 Å². The Bertz CT molecular complexity index is 675. The Morgan fingerprint density at radius 3 is 2.19 bits per heavy atom. The Morgan fingerprint density at radius 2 is 1.59 bits per heavy atom. The highest BCUT2D eigenvalue weighted by Gasteiger charge is 2.41. The van der Waals surface area contributed by atoms with Gasteiger partial charge in [0.1, 0.15) is 12.4 Å². The number of hydrogen-bond donors (Lipinski definition) is 0. The predicted molar refractivity (Wildman–Crippen MR) is 111 cm³/mol. The molecule has 1 atom stereocenters. The molecule has 0 N–H and O–H groups in total. The third-order valence-electron chi connectivity index (χ3n) is 5.82. The van der Waals surface area contributed by atoms with E-state index < -0.39 is 0 Å². The first-order chi connectivity index (χ1) is 13.1. The first-order valence-electron chi connectivity index (χ1n) is 10.1. The van der Waals surface area contributed by atoms with Gasteiger partial charge >= 0.3 is 0 Å². The number of methoxy groups -OCH3 is 1. The van der Waals surface area contributed by atoms with Gasteiger partial charge in [-0.15, -0.1) is 0 Å². The lowest BCUT2D eigenvalue weighted by Crippen LogP contribution is -2.44. The van der Waals surface area contributed by atoms with Crippen molar-refractivity contribution in [2.45, 2.75) is 50.2 Å². The van der Waals surface area contributed by atoms with Crippen LogP contribution < -0.4 is 4.74 Å². The van der Waals surface area contributed by atoms with Gasteiger partial charge in [0.15, 0.2) is 0 Å². The SMILES string of the molecule is COC1(C(CN(C)C)c2ccc(OCc3ccccc3)cc2)CCCCC1. The molecule has 0 spiro atoms. The molecule has 0 saturated heterocycles. The Balaban J connectivity index is 1.74. The van der Waals surface area contributed by atoms with Gasteiger partial charge < -0.3 is 14.4 Å². The average molecular weight is 368 g/mol. The summed E-state index contributed by atoms with van der Waals surface area (Å²) in [5.41, 5.74) is 2.49. The molecule has 0 aromatic heterocycles. The maximum Gasteiger partial charge on any atom is 0.119 e. The minimum Gasteiger partial charge on any atom is -0.489 e. The second-order valence-electron chi connectivity index (χ2n) is 7.99. The average Bonchev–Trinajstić information content (AvgIpc) is 2.72. The summed E-state index contributed by atoms with van der Waals surface area (Å²) < 4.78 is 12.1. The lowest BCUT2D eigenvalue weighted by Gasteiger charge is -2.44. The van der Waals surface area contributed by atoms with Crippen LogP contribution in [0.3, 0.4) is 0 Å². The van der Waals surface area contributed by atoms with Crippen molar-refractivity contribution in [3.63, 3.8) is 0 Å². The summed E-state index contributed by atoms with van der Waals surface area (Å²) in [6.07, 6.45) is 6.14. The lowest BCUT2D eigenvalue weighted by molar-refractivity contribution is -0.0651. The van der Waals surface area contributed by atoms with Gasteiger partial charge in [-0.2, -0.15) is 0 Å². The molecule has 1 fully saturated rings. The molecule has 0 heterocycles. The van der Waals surface area contributed by atoms with Gasteiger partial charge in [-0.1, -0.05) is 61.7 Å². The van der Waals surface area contributed by atoms with Gasteiger partial charge in [-0.25, -0.2) is 0 Å². The van der Waals surface area contributed by atoms with Crippen molar-refractivity contribution in [2.24, 2.45) is 0 Å². The van der Waals surface area contributed by atoms with E-state index >= 15 is 0 Å². The second-order valence-corrected chi connectivity index (χ2v) is 7.99. The number of benzene rings is 2. The van der Waals surface area contributed by atoms with E-state index in [1.54, 1.807) is 0 Å². The zero-order chi connectivity index (χ0) is 19.1. The van der Waals surface area contributed by atoms with E-state index in [1.807, 2.05) is 25.3 Å². The number of nitrogens with zero attached hydrogens (tertiary/aromatic N) is 1. The quantitative estimate of drug-likeness (QED) is 0.635. The highest BCUT2D eigenvalue weighted by atomic mass is 16.5. The molecular weight excluding hydrogens is 334 g/mol. The number of ether oxygens (including phenoxy) is 2. The van der Waals surface area contributed by atoms with E-state index in [0.29, 0.717) is 12.5 Å². The summed E-state index contributed by atoms with van der Waals surface area (Å²) in [7, 11) is 6.19. The molecule has 0 amide bonds. The van der Waals surface area contributed by atoms with Crippen molar-refractivity contribution in [1.29, 1.82) is 0 Å². The van der Waals surface area contributed by atoms with Crippen LogP contribution in [0, 0.1) is 0 Å². The second kappa shape index (κ2) is 9.38. The van der Waals surface area contributed by atoms with E-state index in [1.165, 1.54) is 30.4 Å². The maximum absolute atomic E-state index is 6.17. The standard InChI is InChI=1S/C24H33NO2/c1-25(2)18-23(24(26-3)16-8-5-9-17-24)21-12-14-22(15-13-21)27-19-20-10-6-4-7-11-20/h4,6-7,10-15,23H,5,8-9,16-19H2,1-3H3. The van der Waals surface area contributed by atoms with E-state index in [2.05, 4.69) is 55.4 Å².